The van der Waals surface area contributed by atoms with E-state index in [2.05, 4.69) is 32.3 Å². The van der Waals surface area contributed by atoms with Crippen molar-refractivity contribution in [3.05, 3.63) is 63.1 Å². The van der Waals surface area contributed by atoms with Gasteiger partial charge in [-0.15, -0.1) is 0 Å². The Bertz CT molecular complexity index is 599. The van der Waals surface area contributed by atoms with Crippen LogP contribution in [0.3, 0.4) is 0 Å². The highest BCUT2D eigenvalue weighted by Crippen LogP contribution is 2.27. The predicted octanol–water partition coefficient (Wildman–Crippen LogP) is 3.91. The van der Waals surface area contributed by atoms with Crippen LogP contribution < -0.4 is 5.32 Å². The summed E-state index contributed by atoms with van der Waals surface area (Å²) >= 11 is 3.38. The molecule has 1 unspecified atom stereocenters. The van der Waals surface area contributed by atoms with E-state index in [4.69, 9.17) is 0 Å². The minimum Gasteiger partial charge on any atom is -0.308 e. The number of rotatable bonds is 3. The summed E-state index contributed by atoms with van der Waals surface area (Å²) in [5.74, 6) is -0.232. The molecule has 4 heteroatoms. The van der Waals surface area contributed by atoms with Crippen molar-refractivity contribution >= 4 is 15.9 Å². The summed E-state index contributed by atoms with van der Waals surface area (Å²) < 4.78 is 14.9. The molecule has 2 nitrogen and oxygen atoms in total. The maximum Gasteiger partial charge on any atom is 0.128 e. The van der Waals surface area contributed by atoms with E-state index in [0.29, 0.717) is 5.56 Å². The fraction of sp³-hybridized carbons (Fsp3) is 0.267. The molecule has 1 N–H and O–H groups in total. The molecule has 0 aliphatic heterocycles. The molecule has 2 aromatic rings. The van der Waals surface area contributed by atoms with Crippen molar-refractivity contribution < 1.29 is 4.39 Å². The Morgan fingerprint density at radius 3 is 2.63 bits per heavy atom. The van der Waals surface area contributed by atoms with Gasteiger partial charge in [0.25, 0.3) is 0 Å². The molecule has 0 radical (unpaired) electrons. The summed E-state index contributed by atoms with van der Waals surface area (Å²) in [6.45, 7) is 3.99. The number of aryl methyl sites for hydroxylation is 2. The lowest BCUT2D eigenvalue weighted by Gasteiger charge is -2.19. The van der Waals surface area contributed by atoms with Crippen molar-refractivity contribution in [2.24, 2.45) is 0 Å². The quantitative estimate of drug-likeness (QED) is 0.926. The Morgan fingerprint density at radius 1 is 1.26 bits per heavy atom. The van der Waals surface area contributed by atoms with E-state index in [1.54, 1.807) is 12.1 Å². The van der Waals surface area contributed by atoms with E-state index < -0.39 is 0 Å². The van der Waals surface area contributed by atoms with E-state index in [1.807, 2.05) is 27.1 Å². The van der Waals surface area contributed by atoms with E-state index >= 15 is 0 Å². The minimum atomic E-state index is -0.252. The zero-order chi connectivity index (χ0) is 14.0. The van der Waals surface area contributed by atoms with Gasteiger partial charge in [0.15, 0.2) is 0 Å². The molecule has 0 fully saturated rings. The molecule has 0 aliphatic carbocycles. The first-order valence-electron chi connectivity index (χ1n) is 6.08. The Hall–Kier alpha value is -1.26. The molecule has 0 amide bonds. The van der Waals surface area contributed by atoms with Crippen LogP contribution in [0, 0.1) is 19.7 Å². The molecule has 0 spiro atoms. The monoisotopic (exact) mass is 322 g/mol. The molecule has 1 atom stereocenters. The largest absolute Gasteiger partial charge is 0.308 e. The summed E-state index contributed by atoms with van der Waals surface area (Å²) in [7, 11) is 1.81. The van der Waals surface area contributed by atoms with Crippen molar-refractivity contribution in [2.75, 3.05) is 7.05 Å². The molecule has 100 valence electrons. The molecule has 0 saturated heterocycles. The van der Waals surface area contributed by atoms with Crippen molar-refractivity contribution in [3.8, 4) is 0 Å². The third-order valence-corrected chi connectivity index (χ3v) is 3.58. The normalized spacial score (nSPS) is 12.5. The topological polar surface area (TPSA) is 24.9 Å². The van der Waals surface area contributed by atoms with Gasteiger partial charge in [0.1, 0.15) is 5.82 Å². The highest BCUT2D eigenvalue weighted by Gasteiger charge is 2.19. The molecule has 1 heterocycles. The van der Waals surface area contributed by atoms with Gasteiger partial charge in [-0.2, -0.15) is 0 Å². The van der Waals surface area contributed by atoms with E-state index in [0.717, 1.165) is 21.3 Å². The molecule has 1 aromatic carbocycles. The fourth-order valence-electron chi connectivity index (χ4n) is 2.20. The number of halogens is 2. The second kappa shape index (κ2) is 5.80. The average molecular weight is 323 g/mol. The average Bonchev–Trinajstić information content (AvgIpc) is 2.36. The number of pyridine rings is 1. The van der Waals surface area contributed by atoms with E-state index in [1.165, 1.54) is 6.07 Å². The van der Waals surface area contributed by atoms with E-state index in [-0.39, 0.29) is 11.9 Å². The highest BCUT2D eigenvalue weighted by molar-refractivity contribution is 9.10. The molecular weight excluding hydrogens is 307 g/mol. The van der Waals surface area contributed by atoms with Gasteiger partial charge in [-0.05, 0) is 50.2 Å². The fourth-order valence-corrected chi connectivity index (χ4v) is 2.58. The Balaban J connectivity index is 2.52. The molecule has 0 saturated carbocycles. The van der Waals surface area contributed by atoms with Gasteiger partial charge in [-0.3, -0.25) is 4.98 Å². The first kappa shape index (κ1) is 14.2. The van der Waals surface area contributed by atoms with Crippen molar-refractivity contribution in [1.29, 1.82) is 0 Å². The van der Waals surface area contributed by atoms with Crippen LogP contribution in [0.2, 0.25) is 0 Å². The summed E-state index contributed by atoms with van der Waals surface area (Å²) in [6.07, 6.45) is 1.81. The zero-order valence-electron chi connectivity index (χ0n) is 11.2. The number of nitrogens with zero attached hydrogens (tertiary/aromatic N) is 1. The Kier molecular flexibility index (Phi) is 4.32. The number of benzene rings is 1. The van der Waals surface area contributed by atoms with Gasteiger partial charge < -0.3 is 5.32 Å². The number of hydrogen-bond acceptors (Lipinski definition) is 2. The molecule has 0 aliphatic rings. The van der Waals surface area contributed by atoms with Crippen LogP contribution in [0.5, 0.6) is 0 Å². The Labute approximate surface area is 121 Å². The van der Waals surface area contributed by atoms with Gasteiger partial charge >= 0.3 is 0 Å². The lowest BCUT2D eigenvalue weighted by molar-refractivity contribution is 0.568. The van der Waals surface area contributed by atoms with Gasteiger partial charge in [-0.25, -0.2) is 4.39 Å². The van der Waals surface area contributed by atoms with Crippen molar-refractivity contribution in [1.82, 2.24) is 10.3 Å². The second-order valence-corrected chi connectivity index (χ2v) is 5.52. The minimum absolute atomic E-state index is 0.232. The molecule has 1 aromatic heterocycles. The molecular formula is C15H16BrFN2. The summed E-state index contributed by atoms with van der Waals surface area (Å²) in [6, 6.07) is 6.76. The van der Waals surface area contributed by atoms with Crippen LogP contribution in [0.15, 0.2) is 34.9 Å². The highest BCUT2D eigenvalue weighted by atomic mass is 79.9. The van der Waals surface area contributed by atoms with Gasteiger partial charge in [-0.1, -0.05) is 22.0 Å². The number of nitrogens with one attached hydrogen (secondary N) is 1. The summed E-state index contributed by atoms with van der Waals surface area (Å²) in [4.78, 5) is 4.45. The van der Waals surface area contributed by atoms with Crippen molar-refractivity contribution in [2.45, 2.75) is 19.9 Å². The number of aromatic nitrogens is 1. The van der Waals surface area contributed by atoms with E-state index in [9.17, 15) is 4.39 Å². The van der Waals surface area contributed by atoms with Crippen LogP contribution in [-0.4, -0.2) is 12.0 Å². The van der Waals surface area contributed by atoms with Gasteiger partial charge in [0.2, 0.25) is 0 Å². The van der Waals surface area contributed by atoms with Gasteiger partial charge in [0, 0.05) is 16.2 Å². The first-order chi connectivity index (χ1) is 9.02. The van der Waals surface area contributed by atoms with Crippen LogP contribution in [0.1, 0.15) is 28.4 Å². The summed E-state index contributed by atoms with van der Waals surface area (Å²) in [5, 5.41) is 3.14. The maximum absolute atomic E-state index is 14.0. The lowest BCUT2D eigenvalue weighted by Crippen LogP contribution is -2.21. The third-order valence-electron chi connectivity index (χ3n) is 3.09. The predicted molar refractivity (Wildman–Crippen MR) is 78.7 cm³/mol. The van der Waals surface area contributed by atoms with Crippen LogP contribution >= 0.6 is 15.9 Å². The molecule has 2 rings (SSSR count). The zero-order valence-corrected chi connectivity index (χ0v) is 12.8. The van der Waals surface area contributed by atoms with Crippen molar-refractivity contribution in [3.63, 3.8) is 0 Å². The third kappa shape index (κ3) is 3.01. The lowest BCUT2D eigenvalue weighted by atomic mass is 9.99. The van der Waals surface area contributed by atoms with Crippen LogP contribution in [0.25, 0.3) is 0 Å². The smallest absolute Gasteiger partial charge is 0.128 e. The molecule has 0 bridgehead atoms. The van der Waals surface area contributed by atoms with Crippen LogP contribution in [-0.2, 0) is 0 Å². The maximum atomic E-state index is 14.0. The van der Waals surface area contributed by atoms with Gasteiger partial charge in [0.05, 0.1) is 11.7 Å². The Morgan fingerprint density at radius 2 is 2.00 bits per heavy atom. The molecule has 19 heavy (non-hydrogen) atoms. The standard InChI is InChI=1S/C15H16BrFN2/c1-9-6-10(2)14(19-8-9)15(18-3)12-7-11(16)4-5-13(12)17/h4-8,15,18H,1-3H3. The SMILES string of the molecule is CNC(c1cc(Br)ccc1F)c1ncc(C)cc1C. The first-order valence-corrected chi connectivity index (χ1v) is 6.87. The second-order valence-electron chi connectivity index (χ2n) is 4.60. The van der Waals surface area contributed by atoms with Crippen LogP contribution in [0.4, 0.5) is 4.39 Å². The summed E-state index contributed by atoms with van der Waals surface area (Å²) in [5.41, 5.74) is 3.60. The number of hydrogen-bond donors (Lipinski definition) is 1.